The number of nitrogens with zero attached hydrogens (tertiary/aromatic N) is 1. The van der Waals surface area contributed by atoms with E-state index in [1.807, 2.05) is 0 Å². The second kappa shape index (κ2) is 3.58. The number of aromatic nitrogens is 1. The van der Waals surface area contributed by atoms with Gasteiger partial charge in [-0.15, -0.1) is 11.6 Å². The number of halogens is 1. The minimum Gasteiger partial charge on any atom is -0.338 e. The topological polar surface area (TPSA) is 55.1 Å². The van der Waals surface area contributed by atoms with Crippen molar-refractivity contribution in [3.63, 3.8) is 0 Å². The number of hydrogen-bond acceptors (Lipinski definition) is 3. The molecule has 0 bridgehead atoms. The molecule has 0 aliphatic carbocycles. The van der Waals surface area contributed by atoms with Crippen LogP contribution in [-0.2, 0) is 4.79 Å². The molecule has 0 aliphatic heterocycles. The van der Waals surface area contributed by atoms with Gasteiger partial charge in [0.05, 0.1) is 5.69 Å². The normalized spacial score (nSPS) is 12.6. The molecular formula is C7H9ClN2O2. The highest BCUT2D eigenvalue weighted by atomic mass is 35.5. The average Bonchev–Trinajstić information content (AvgIpc) is 2.35. The van der Waals surface area contributed by atoms with E-state index >= 15 is 0 Å². The minimum atomic E-state index is -0.574. The molecule has 1 aromatic heterocycles. The molecule has 66 valence electrons. The van der Waals surface area contributed by atoms with Crippen LogP contribution in [0.15, 0.2) is 10.6 Å². The molecule has 1 amide bonds. The van der Waals surface area contributed by atoms with Crippen LogP contribution in [0.3, 0.4) is 0 Å². The van der Waals surface area contributed by atoms with Gasteiger partial charge in [-0.25, -0.2) is 0 Å². The van der Waals surface area contributed by atoms with Crippen molar-refractivity contribution in [1.29, 1.82) is 0 Å². The molecule has 0 radical (unpaired) electrons. The molecule has 1 atom stereocenters. The third-order valence-corrected chi connectivity index (χ3v) is 1.43. The Kier molecular flexibility index (Phi) is 2.70. The molecule has 0 fully saturated rings. The van der Waals surface area contributed by atoms with Gasteiger partial charge in [0.15, 0.2) is 0 Å². The Morgan fingerprint density at radius 2 is 2.50 bits per heavy atom. The van der Waals surface area contributed by atoms with E-state index in [0.717, 1.165) is 0 Å². The van der Waals surface area contributed by atoms with Gasteiger partial charge in [0, 0.05) is 6.07 Å². The van der Waals surface area contributed by atoms with E-state index in [9.17, 15) is 4.79 Å². The van der Waals surface area contributed by atoms with Crippen molar-refractivity contribution in [2.75, 3.05) is 5.32 Å². The minimum absolute atomic E-state index is 0.298. The van der Waals surface area contributed by atoms with Gasteiger partial charge in [0.1, 0.15) is 5.38 Å². The van der Waals surface area contributed by atoms with Gasteiger partial charge in [-0.1, -0.05) is 5.16 Å². The molecule has 0 aliphatic rings. The van der Waals surface area contributed by atoms with Gasteiger partial charge in [-0.2, -0.15) is 0 Å². The van der Waals surface area contributed by atoms with E-state index in [4.69, 9.17) is 16.1 Å². The number of carbonyl (C=O) groups is 1. The zero-order chi connectivity index (χ0) is 9.14. The molecule has 12 heavy (non-hydrogen) atoms. The van der Waals surface area contributed by atoms with Crippen LogP contribution in [0.2, 0.25) is 0 Å². The lowest BCUT2D eigenvalue weighted by atomic mass is 10.4. The summed E-state index contributed by atoms with van der Waals surface area (Å²) in [5.74, 6) is 0.0258. The predicted octanol–water partition coefficient (Wildman–Crippen LogP) is 1.55. The molecule has 1 N–H and O–H groups in total. The number of aryl methyl sites for hydroxylation is 1. The second-order valence-electron chi connectivity index (χ2n) is 2.44. The van der Waals surface area contributed by atoms with Gasteiger partial charge in [0.25, 0.3) is 0 Å². The third kappa shape index (κ3) is 2.23. The fourth-order valence-corrected chi connectivity index (χ4v) is 0.698. The summed E-state index contributed by atoms with van der Waals surface area (Å²) in [6.07, 6.45) is 0. The summed E-state index contributed by atoms with van der Waals surface area (Å²) >= 11 is 5.51. The Hall–Kier alpha value is -1.03. The first-order chi connectivity index (χ1) is 5.59. The molecule has 1 unspecified atom stereocenters. The van der Waals surface area contributed by atoms with E-state index in [2.05, 4.69) is 10.5 Å². The SMILES string of the molecule is Cc1cc(NC(=O)C(C)Cl)on1. The van der Waals surface area contributed by atoms with E-state index in [1.54, 1.807) is 19.9 Å². The lowest BCUT2D eigenvalue weighted by Gasteiger charge is -2.00. The molecular weight excluding hydrogens is 180 g/mol. The summed E-state index contributed by atoms with van der Waals surface area (Å²) in [6, 6.07) is 1.62. The lowest BCUT2D eigenvalue weighted by molar-refractivity contribution is -0.115. The van der Waals surface area contributed by atoms with Gasteiger partial charge in [-0.05, 0) is 13.8 Å². The number of amides is 1. The van der Waals surface area contributed by atoms with Gasteiger partial charge >= 0.3 is 0 Å². The Morgan fingerprint density at radius 3 is 2.92 bits per heavy atom. The molecule has 0 spiro atoms. The highest BCUT2D eigenvalue weighted by Gasteiger charge is 2.11. The second-order valence-corrected chi connectivity index (χ2v) is 3.09. The van der Waals surface area contributed by atoms with Crippen molar-refractivity contribution >= 4 is 23.4 Å². The number of alkyl halides is 1. The number of hydrogen-bond donors (Lipinski definition) is 1. The van der Waals surface area contributed by atoms with Crippen LogP contribution in [0.4, 0.5) is 5.88 Å². The van der Waals surface area contributed by atoms with Crippen LogP contribution >= 0.6 is 11.6 Å². The van der Waals surface area contributed by atoms with E-state index in [1.165, 1.54) is 0 Å². The van der Waals surface area contributed by atoms with Crippen molar-refractivity contribution in [2.45, 2.75) is 19.2 Å². The molecule has 1 rings (SSSR count). The van der Waals surface area contributed by atoms with Gasteiger partial charge in [0.2, 0.25) is 11.8 Å². The molecule has 4 nitrogen and oxygen atoms in total. The number of carbonyl (C=O) groups excluding carboxylic acids is 1. The van der Waals surface area contributed by atoms with E-state index in [0.29, 0.717) is 11.6 Å². The fourth-order valence-electron chi connectivity index (χ4n) is 0.643. The first kappa shape index (κ1) is 9.06. The zero-order valence-corrected chi connectivity index (χ0v) is 7.55. The molecule has 0 saturated heterocycles. The van der Waals surface area contributed by atoms with Crippen LogP contribution in [-0.4, -0.2) is 16.4 Å². The molecule has 0 saturated carbocycles. The van der Waals surface area contributed by atoms with Crippen molar-refractivity contribution in [2.24, 2.45) is 0 Å². The number of nitrogens with one attached hydrogen (secondary N) is 1. The quantitative estimate of drug-likeness (QED) is 0.717. The summed E-state index contributed by atoms with van der Waals surface area (Å²) < 4.78 is 4.74. The lowest BCUT2D eigenvalue weighted by Crippen LogP contribution is -2.19. The molecule has 0 aromatic carbocycles. The zero-order valence-electron chi connectivity index (χ0n) is 6.80. The van der Waals surface area contributed by atoms with E-state index in [-0.39, 0.29) is 5.91 Å². The first-order valence-electron chi connectivity index (χ1n) is 3.48. The van der Waals surface area contributed by atoms with Crippen LogP contribution in [0.1, 0.15) is 12.6 Å². The smallest absolute Gasteiger partial charge is 0.244 e. The maximum absolute atomic E-state index is 11.0. The van der Waals surface area contributed by atoms with Crippen LogP contribution in [0.5, 0.6) is 0 Å². The Labute approximate surface area is 74.9 Å². The van der Waals surface area contributed by atoms with Crippen molar-refractivity contribution in [3.05, 3.63) is 11.8 Å². The molecule has 1 heterocycles. The Bertz CT molecular complexity index is 283. The summed E-state index contributed by atoms with van der Waals surface area (Å²) in [5, 5.41) is 5.48. The van der Waals surface area contributed by atoms with Gasteiger partial charge < -0.3 is 4.52 Å². The summed E-state index contributed by atoms with van der Waals surface area (Å²) in [5.41, 5.74) is 0.715. The van der Waals surface area contributed by atoms with Gasteiger partial charge in [-0.3, -0.25) is 10.1 Å². The monoisotopic (exact) mass is 188 g/mol. The highest BCUT2D eigenvalue weighted by Crippen LogP contribution is 2.09. The largest absolute Gasteiger partial charge is 0.338 e. The average molecular weight is 189 g/mol. The summed E-state index contributed by atoms with van der Waals surface area (Å²) in [6.45, 7) is 3.35. The molecule has 1 aromatic rings. The fraction of sp³-hybridized carbons (Fsp3) is 0.429. The number of rotatable bonds is 2. The van der Waals surface area contributed by atoms with E-state index < -0.39 is 5.38 Å². The maximum atomic E-state index is 11.0. The first-order valence-corrected chi connectivity index (χ1v) is 3.91. The standard InChI is InChI=1S/C7H9ClN2O2/c1-4-3-6(12-10-4)9-7(11)5(2)8/h3,5H,1-2H3,(H,9,11). The summed E-state index contributed by atoms with van der Waals surface area (Å²) in [4.78, 5) is 11.0. The van der Waals surface area contributed by atoms with Crippen molar-refractivity contribution in [1.82, 2.24) is 5.16 Å². The van der Waals surface area contributed by atoms with Crippen LogP contribution < -0.4 is 5.32 Å². The van der Waals surface area contributed by atoms with Crippen LogP contribution in [0, 0.1) is 6.92 Å². The van der Waals surface area contributed by atoms with Crippen molar-refractivity contribution < 1.29 is 9.32 Å². The highest BCUT2D eigenvalue weighted by molar-refractivity contribution is 6.32. The molecule has 5 heteroatoms. The van der Waals surface area contributed by atoms with Crippen LogP contribution in [0.25, 0.3) is 0 Å². The maximum Gasteiger partial charge on any atom is 0.244 e. The Balaban J connectivity index is 2.58. The third-order valence-electron chi connectivity index (χ3n) is 1.24. The predicted molar refractivity (Wildman–Crippen MR) is 45.2 cm³/mol. The Morgan fingerprint density at radius 1 is 1.83 bits per heavy atom. The number of anilines is 1. The van der Waals surface area contributed by atoms with Crippen molar-refractivity contribution in [3.8, 4) is 0 Å². The summed E-state index contributed by atoms with van der Waals surface area (Å²) in [7, 11) is 0.